The van der Waals surface area contributed by atoms with Crippen LogP contribution in [0.4, 0.5) is 4.39 Å². The lowest BCUT2D eigenvalue weighted by Gasteiger charge is -2.33. The zero-order valence-electron chi connectivity index (χ0n) is 18.8. The molecule has 168 valence electrons. The zero-order valence-corrected chi connectivity index (χ0v) is 18.8. The van der Waals surface area contributed by atoms with Gasteiger partial charge >= 0.3 is 5.97 Å². The highest BCUT2D eigenvalue weighted by Crippen LogP contribution is 2.28. The first-order chi connectivity index (χ1) is 14.7. The Morgan fingerprint density at radius 1 is 1.19 bits per heavy atom. The molecule has 31 heavy (non-hydrogen) atoms. The van der Waals surface area contributed by atoms with Crippen LogP contribution < -0.4 is 4.74 Å². The highest BCUT2D eigenvalue weighted by Gasteiger charge is 2.24. The van der Waals surface area contributed by atoms with E-state index in [1.54, 1.807) is 12.1 Å². The van der Waals surface area contributed by atoms with Gasteiger partial charge in [-0.1, -0.05) is 18.2 Å². The minimum absolute atomic E-state index is 0.0430. The molecule has 1 heterocycles. The van der Waals surface area contributed by atoms with E-state index in [2.05, 4.69) is 4.90 Å². The molecule has 1 aliphatic rings. The minimum Gasteiger partial charge on any atom is -0.489 e. The van der Waals surface area contributed by atoms with Crippen LogP contribution in [0.2, 0.25) is 0 Å². The Labute approximate surface area is 184 Å². The van der Waals surface area contributed by atoms with Crippen LogP contribution in [0.3, 0.4) is 0 Å². The molecular weight excluding hydrogens is 397 g/mol. The molecule has 0 spiro atoms. The van der Waals surface area contributed by atoms with Gasteiger partial charge in [-0.05, 0) is 68.7 Å². The van der Waals surface area contributed by atoms with Crippen molar-refractivity contribution in [2.75, 3.05) is 26.2 Å². The van der Waals surface area contributed by atoms with E-state index in [0.29, 0.717) is 26.2 Å². The van der Waals surface area contributed by atoms with Crippen LogP contribution in [0.25, 0.3) is 0 Å². The lowest BCUT2D eigenvalue weighted by Crippen LogP contribution is -2.40. The molecule has 0 amide bonds. The number of ether oxygens (including phenoxy) is 3. The Morgan fingerprint density at radius 3 is 2.61 bits per heavy atom. The van der Waals surface area contributed by atoms with E-state index in [0.717, 1.165) is 35.5 Å². The lowest BCUT2D eigenvalue weighted by molar-refractivity contribution is -0.155. The lowest BCUT2D eigenvalue weighted by atomic mass is 10.0. The second-order valence-electron chi connectivity index (χ2n) is 8.93. The molecule has 0 aliphatic carbocycles. The number of morpholine rings is 1. The van der Waals surface area contributed by atoms with Gasteiger partial charge in [-0.15, -0.1) is 0 Å². The molecule has 0 radical (unpaired) electrons. The number of esters is 1. The van der Waals surface area contributed by atoms with Crippen LogP contribution in [0.1, 0.15) is 50.0 Å². The molecule has 5 nitrogen and oxygen atoms in total. The van der Waals surface area contributed by atoms with Gasteiger partial charge in [0, 0.05) is 19.6 Å². The topological polar surface area (TPSA) is 48.0 Å². The quantitative estimate of drug-likeness (QED) is 0.591. The van der Waals surface area contributed by atoms with E-state index in [9.17, 15) is 9.18 Å². The molecule has 3 rings (SSSR count). The van der Waals surface area contributed by atoms with Crippen molar-refractivity contribution in [3.05, 3.63) is 65.0 Å². The summed E-state index contributed by atoms with van der Waals surface area (Å²) >= 11 is 0. The molecular formula is C25H32FNO4. The normalized spacial score (nSPS) is 17.4. The maximum Gasteiger partial charge on any atom is 0.307 e. The van der Waals surface area contributed by atoms with Crippen molar-refractivity contribution in [3.63, 3.8) is 0 Å². The molecule has 0 aromatic heterocycles. The number of halogens is 1. The van der Waals surface area contributed by atoms with E-state index in [1.165, 1.54) is 12.1 Å². The summed E-state index contributed by atoms with van der Waals surface area (Å²) < 4.78 is 30.3. The van der Waals surface area contributed by atoms with E-state index in [-0.39, 0.29) is 17.9 Å². The average Bonchev–Trinajstić information content (AvgIpc) is 2.71. The summed E-state index contributed by atoms with van der Waals surface area (Å²) in [5.41, 5.74) is 2.67. The fourth-order valence-electron chi connectivity index (χ4n) is 3.58. The van der Waals surface area contributed by atoms with Crippen LogP contribution in [0, 0.1) is 12.7 Å². The van der Waals surface area contributed by atoms with Gasteiger partial charge in [-0.3, -0.25) is 9.69 Å². The van der Waals surface area contributed by atoms with Crippen LogP contribution >= 0.6 is 0 Å². The Kier molecular flexibility index (Phi) is 7.68. The number of carbonyl (C=O) groups excluding carboxylic acids is 1. The molecule has 0 bridgehead atoms. The van der Waals surface area contributed by atoms with Gasteiger partial charge in [0.25, 0.3) is 0 Å². The van der Waals surface area contributed by atoms with Gasteiger partial charge in [-0.25, -0.2) is 4.39 Å². The van der Waals surface area contributed by atoms with Crippen molar-refractivity contribution in [1.29, 1.82) is 0 Å². The number of hydrogen-bond acceptors (Lipinski definition) is 5. The van der Waals surface area contributed by atoms with Crippen molar-refractivity contribution in [2.24, 2.45) is 0 Å². The molecule has 1 saturated heterocycles. The van der Waals surface area contributed by atoms with Gasteiger partial charge in [0.1, 0.15) is 23.8 Å². The van der Waals surface area contributed by atoms with Gasteiger partial charge in [0.05, 0.1) is 19.1 Å². The molecule has 2 aromatic carbocycles. The molecule has 0 N–H and O–H groups in total. The summed E-state index contributed by atoms with van der Waals surface area (Å²) in [6.07, 6.45) is 0.331. The summed E-state index contributed by atoms with van der Waals surface area (Å²) in [6, 6.07) is 12.3. The summed E-state index contributed by atoms with van der Waals surface area (Å²) in [5, 5.41) is 0. The first-order valence-corrected chi connectivity index (χ1v) is 10.7. The second-order valence-corrected chi connectivity index (χ2v) is 8.93. The van der Waals surface area contributed by atoms with Crippen LogP contribution in [0.5, 0.6) is 5.75 Å². The number of aryl methyl sites for hydroxylation is 1. The van der Waals surface area contributed by atoms with Crippen molar-refractivity contribution in [1.82, 2.24) is 4.90 Å². The fourth-order valence-corrected chi connectivity index (χ4v) is 3.58. The first-order valence-electron chi connectivity index (χ1n) is 10.7. The Morgan fingerprint density at radius 2 is 1.94 bits per heavy atom. The number of rotatable bonds is 7. The SMILES string of the molecule is Cc1cc(OCc2ccc(F)cc2)ccc1C1CN(CCC(=O)OC(C)(C)C)CCO1. The molecule has 1 atom stereocenters. The highest BCUT2D eigenvalue weighted by atomic mass is 19.1. The zero-order chi connectivity index (χ0) is 22.4. The molecule has 1 unspecified atom stereocenters. The number of hydrogen-bond donors (Lipinski definition) is 0. The summed E-state index contributed by atoms with van der Waals surface area (Å²) in [6.45, 7) is 10.9. The number of benzene rings is 2. The van der Waals surface area contributed by atoms with Gasteiger partial charge in [0.15, 0.2) is 0 Å². The predicted octanol–water partition coefficient (Wildman–Crippen LogP) is 4.82. The Balaban J connectivity index is 1.54. The smallest absolute Gasteiger partial charge is 0.307 e. The summed E-state index contributed by atoms with van der Waals surface area (Å²) in [4.78, 5) is 14.3. The summed E-state index contributed by atoms with van der Waals surface area (Å²) in [5.74, 6) is 0.342. The molecule has 6 heteroatoms. The maximum absolute atomic E-state index is 13.0. The summed E-state index contributed by atoms with van der Waals surface area (Å²) in [7, 11) is 0. The highest BCUT2D eigenvalue weighted by molar-refractivity contribution is 5.70. The van der Waals surface area contributed by atoms with Crippen molar-refractivity contribution >= 4 is 5.97 Å². The standard InChI is InChI=1S/C25H32FNO4/c1-18-15-21(30-17-19-5-7-20(26)8-6-19)9-10-22(18)23-16-27(13-14-29-23)12-11-24(28)31-25(2,3)4/h5-10,15,23H,11-14,16-17H2,1-4H3. The molecule has 2 aromatic rings. The van der Waals surface area contributed by atoms with Crippen LogP contribution in [-0.4, -0.2) is 42.7 Å². The van der Waals surface area contributed by atoms with Crippen molar-refractivity contribution in [2.45, 2.75) is 52.4 Å². The molecule has 0 saturated carbocycles. The maximum atomic E-state index is 13.0. The molecule has 1 aliphatic heterocycles. The van der Waals surface area contributed by atoms with E-state index in [1.807, 2.05) is 45.9 Å². The Bertz CT molecular complexity index is 876. The Hall–Kier alpha value is -2.44. The third-order valence-corrected chi connectivity index (χ3v) is 5.11. The van der Waals surface area contributed by atoms with Crippen molar-refractivity contribution in [3.8, 4) is 5.75 Å². The number of nitrogens with zero attached hydrogens (tertiary/aromatic N) is 1. The largest absolute Gasteiger partial charge is 0.489 e. The second kappa shape index (κ2) is 10.2. The predicted molar refractivity (Wildman–Crippen MR) is 118 cm³/mol. The monoisotopic (exact) mass is 429 g/mol. The van der Waals surface area contributed by atoms with Gasteiger partial charge in [0.2, 0.25) is 0 Å². The van der Waals surface area contributed by atoms with E-state index in [4.69, 9.17) is 14.2 Å². The third-order valence-electron chi connectivity index (χ3n) is 5.11. The number of carbonyl (C=O) groups is 1. The van der Waals surface area contributed by atoms with E-state index < -0.39 is 5.60 Å². The third kappa shape index (κ3) is 7.33. The van der Waals surface area contributed by atoms with Gasteiger partial charge in [-0.2, -0.15) is 0 Å². The molecule has 1 fully saturated rings. The minimum atomic E-state index is -0.456. The van der Waals surface area contributed by atoms with Crippen LogP contribution in [0.15, 0.2) is 42.5 Å². The average molecular weight is 430 g/mol. The van der Waals surface area contributed by atoms with Crippen LogP contribution in [-0.2, 0) is 20.9 Å². The van der Waals surface area contributed by atoms with E-state index >= 15 is 0 Å². The van der Waals surface area contributed by atoms with Gasteiger partial charge < -0.3 is 14.2 Å². The fraction of sp³-hybridized carbons (Fsp3) is 0.480. The van der Waals surface area contributed by atoms with Crippen molar-refractivity contribution < 1.29 is 23.4 Å². The first kappa shape index (κ1) is 23.2.